The van der Waals surface area contributed by atoms with Crippen LogP contribution >= 0.6 is 23.1 Å². The first-order chi connectivity index (χ1) is 15.3. The van der Waals surface area contributed by atoms with E-state index in [1.807, 2.05) is 18.3 Å². The molecule has 1 aliphatic carbocycles. The number of hydrogen-bond donors (Lipinski definition) is 1. The zero-order valence-corrected chi connectivity index (χ0v) is 20.7. The Hall–Kier alpha value is -2.31. The molecule has 1 aromatic carbocycles. The number of furan rings is 1. The molecule has 2 heterocycles. The van der Waals surface area contributed by atoms with Crippen LogP contribution in [0, 0.1) is 11.3 Å². The van der Waals surface area contributed by atoms with Gasteiger partial charge in [0.2, 0.25) is 0 Å². The van der Waals surface area contributed by atoms with Crippen molar-refractivity contribution in [2.75, 3.05) is 6.26 Å². The fraction of sp³-hybridized carbons (Fsp3) is 0.385. The summed E-state index contributed by atoms with van der Waals surface area (Å²) in [4.78, 5) is 20.6. The molecule has 1 amide bonds. The molecule has 3 aromatic rings. The Morgan fingerprint density at radius 1 is 1.28 bits per heavy atom. The van der Waals surface area contributed by atoms with Crippen LogP contribution in [0.4, 0.5) is 5.00 Å². The van der Waals surface area contributed by atoms with Gasteiger partial charge in [-0.05, 0) is 72.2 Å². The predicted molar refractivity (Wildman–Crippen MR) is 135 cm³/mol. The van der Waals surface area contributed by atoms with Gasteiger partial charge < -0.3 is 9.73 Å². The van der Waals surface area contributed by atoms with Crippen molar-refractivity contribution < 1.29 is 9.21 Å². The second-order valence-electron chi connectivity index (χ2n) is 9.28. The molecule has 1 aliphatic rings. The van der Waals surface area contributed by atoms with Gasteiger partial charge in [-0.3, -0.25) is 4.79 Å². The zero-order valence-electron chi connectivity index (χ0n) is 19.1. The summed E-state index contributed by atoms with van der Waals surface area (Å²) in [6.07, 6.45) is 8.60. The Kier molecular flexibility index (Phi) is 6.91. The number of carbonyl (C=O) groups excluding carboxylic acids is 1. The second kappa shape index (κ2) is 9.67. The van der Waals surface area contributed by atoms with Crippen molar-refractivity contribution >= 4 is 40.2 Å². The summed E-state index contributed by atoms with van der Waals surface area (Å²) in [7, 11) is 0. The second-order valence-corrected chi connectivity index (χ2v) is 11.2. The molecule has 168 valence electrons. The van der Waals surface area contributed by atoms with Crippen molar-refractivity contribution in [3.05, 3.63) is 70.0 Å². The smallest absolute Gasteiger partial charge is 0.255 e. The molecular formula is C26H30N2O2S2. The van der Waals surface area contributed by atoms with Crippen LogP contribution in [-0.2, 0) is 19.4 Å². The number of benzene rings is 1. The van der Waals surface area contributed by atoms with E-state index < -0.39 is 0 Å². The standard InChI is InChI=1S/C26H30N2O2S2/c1-26(2,3)18-9-12-21-22(14-18)32-25(28-15-17-7-10-20(31-4)11-8-17)23(21)24(29)27-16-19-6-5-13-30-19/h5-8,10-11,13,15,18H,9,12,14,16H2,1-4H3,(H,27,29)/t18-/m0/s1. The van der Waals surface area contributed by atoms with Crippen LogP contribution in [-0.4, -0.2) is 18.4 Å². The van der Waals surface area contributed by atoms with E-state index >= 15 is 0 Å². The topological polar surface area (TPSA) is 54.6 Å². The first-order valence-electron chi connectivity index (χ1n) is 11.0. The number of carbonyl (C=O) groups is 1. The van der Waals surface area contributed by atoms with Crippen molar-refractivity contribution in [3.8, 4) is 0 Å². The molecule has 0 unspecified atom stereocenters. The molecule has 0 saturated carbocycles. The van der Waals surface area contributed by atoms with E-state index in [0.29, 0.717) is 12.5 Å². The molecule has 4 nitrogen and oxygen atoms in total. The lowest BCUT2D eigenvalue weighted by atomic mass is 9.72. The van der Waals surface area contributed by atoms with Gasteiger partial charge in [0.15, 0.2) is 0 Å². The number of thioether (sulfide) groups is 1. The number of aliphatic imine (C=N–C) groups is 1. The minimum absolute atomic E-state index is 0.0713. The number of nitrogens with zero attached hydrogens (tertiary/aromatic N) is 1. The number of amides is 1. The quantitative estimate of drug-likeness (QED) is 0.318. The van der Waals surface area contributed by atoms with Gasteiger partial charge in [-0.25, -0.2) is 4.99 Å². The molecule has 4 rings (SSSR count). The largest absolute Gasteiger partial charge is 0.467 e. The highest BCUT2D eigenvalue weighted by atomic mass is 32.2. The lowest BCUT2D eigenvalue weighted by molar-refractivity contribution is 0.0947. The zero-order chi connectivity index (χ0) is 22.7. The monoisotopic (exact) mass is 466 g/mol. The SMILES string of the molecule is CSc1ccc(C=Nc2sc3c(c2C(=O)NCc2ccco2)CC[C@H](C(C)(C)C)C3)cc1. The third-order valence-corrected chi connectivity index (χ3v) is 8.05. The third kappa shape index (κ3) is 5.18. The number of rotatable bonds is 6. The average Bonchev–Trinajstić information content (AvgIpc) is 3.42. The Morgan fingerprint density at radius 3 is 2.72 bits per heavy atom. The van der Waals surface area contributed by atoms with Gasteiger partial charge in [0.25, 0.3) is 5.91 Å². The van der Waals surface area contributed by atoms with Crippen LogP contribution < -0.4 is 5.32 Å². The molecule has 0 aliphatic heterocycles. The molecule has 0 radical (unpaired) electrons. The van der Waals surface area contributed by atoms with Crippen LogP contribution in [0.15, 0.2) is 57.0 Å². The van der Waals surface area contributed by atoms with Gasteiger partial charge in [0.05, 0.1) is 18.4 Å². The van der Waals surface area contributed by atoms with E-state index in [4.69, 9.17) is 9.41 Å². The maximum atomic E-state index is 13.2. The van der Waals surface area contributed by atoms with Crippen LogP contribution in [0.5, 0.6) is 0 Å². The number of fused-ring (bicyclic) bond motifs is 1. The molecule has 0 saturated heterocycles. The van der Waals surface area contributed by atoms with Gasteiger partial charge in [0.1, 0.15) is 10.8 Å². The Labute approximate surface area is 198 Å². The molecule has 0 bridgehead atoms. The number of hydrogen-bond acceptors (Lipinski definition) is 5. The minimum Gasteiger partial charge on any atom is -0.467 e. The first kappa shape index (κ1) is 22.9. The normalized spacial score (nSPS) is 16.3. The fourth-order valence-corrected chi connectivity index (χ4v) is 5.80. The summed E-state index contributed by atoms with van der Waals surface area (Å²) in [5.41, 5.74) is 3.20. The van der Waals surface area contributed by atoms with Crippen LogP contribution in [0.1, 0.15) is 59.3 Å². The van der Waals surface area contributed by atoms with Gasteiger partial charge >= 0.3 is 0 Å². The van der Waals surface area contributed by atoms with Crippen molar-refractivity contribution in [2.45, 2.75) is 51.5 Å². The highest BCUT2D eigenvalue weighted by Gasteiger charge is 2.33. The summed E-state index contributed by atoms with van der Waals surface area (Å²) < 4.78 is 5.38. The molecule has 2 aromatic heterocycles. The summed E-state index contributed by atoms with van der Waals surface area (Å²) in [6.45, 7) is 7.31. The summed E-state index contributed by atoms with van der Waals surface area (Å²) in [6, 6.07) is 12.0. The van der Waals surface area contributed by atoms with Crippen LogP contribution in [0.25, 0.3) is 0 Å². The van der Waals surface area contributed by atoms with E-state index in [-0.39, 0.29) is 11.3 Å². The molecule has 1 atom stereocenters. The van der Waals surface area contributed by atoms with Crippen molar-refractivity contribution in [2.24, 2.45) is 16.3 Å². The van der Waals surface area contributed by atoms with E-state index in [2.05, 4.69) is 56.6 Å². The summed E-state index contributed by atoms with van der Waals surface area (Å²) in [5, 5.41) is 3.83. The van der Waals surface area contributed by atoms with E-state index in [0.717, 1.165) is 41.2 Å². The third-order valence-electron chi connectivity index (χ3n) is 6.15. The molecule has 0 spiro atoms. The molecule has 6 heteroatoms. The van der Waals surface area contributed by atoms with Gasteiger partial charge in [-0.2, -0.15) is 0 Å². The number of nitrogens with one attached hydrogen (secondary N) is 1. The Balaban J connectivity index is 1.63. The Morgan fingerprint density at radius 2 is 2.06 bits per heavy atom. The highest BCUT2D eigenvalue weighted by molar-refractivity contribution is 7.98. The lowest BCUT2D eigenvalue weighted by Gasteiger charge is -2.33. The number of thiophene rings is 1. The maximum Gasteiger partial charge on any atom is 0.255 e. The van der Waals surface area contributed by atoms with Gasteiger partial charge in [0, 0.05) is 16.0 Å². The average molecular weight is 467 g/mol. The molecule has 32 heavy (non-hydrogen) atoms. The maximum absolute atomic E-state index is 13.2. The van der Waals surface area contributed by atoms with Crippen molar-refractivity contribution in [1.82, 2.24) is 5.32 Å². The lowest BCUT2D eigenvalue weighted by Crippen LogP contribution is -2.28. The van der Waals surface area contributed by atoms with Gasteiger partial charge in [-0.1, -0.05) is 32.9 Å². The first-order valence-corrected chi connectivity index (χ1v) is 13.0. The van der Waals surface area contributed by atoms with Gasteiger partial charge in [-0.15, -0.1) is 23.1 Å². The van der Waals surface area contributed by atoms with Crippen LogP contribution in [0.3, 0.4) is 0 Å². The summed E-state index contributed by atoms with van der Waals surface area (Å²) in [5.74, 6) is 1.29. The van der Waals surface area contributed by atoms with E-state index in [9.17, 15) is 4.79 Å². The van der Waals surface area contributed by atoms with Crippen molar-refractivity contribution in [3.63, 3.8) is 0 Å². The molecule has 0 fully saturated rings. The Bertz CT molecular complexity index is 1090. The van der Waals surface area contributed by atoms with Crippen molar-refractivity contribution in [1.29, 1.82) is 0 Å². The highest BCUT2D eigenvalue weighted by Crippen LogP contribution is 2.45. The minimum atomic E-state index is -0.0713. The fourth-order valence-electron chi connectivity index (χ4n) is 4.13. The summed E-state index contributed by atoms with van der Waals surface area (Å²) >= 11 is 3.39. The molecule has 1 N–H and O–H groups in total. The molecular weight excluding hydrogens is 436 g/mol. The van der Waals surface area contributed by atoms with Crippen LogP contribution in [0.2, 0.25) is 0 Å². The van der Waals surface area contributed by atoms with E-state index in [1.165, 1.54) is 15.3 Å². The predicted octanol–water partition coefficient (Wildman–Crippen LogP) is 6.89. The van der Waals surface area contributed by atoms with E-state index in [1.54, 1.807) is 29.4 Å².